The number of aryl methyl sites for hydroxylation is 1. The number of aromatic nitrogens is 1. The van der Waals surface area contributed by atoms with Crippen molar-refractivity contribution in [3.05, 3.63) is 44.9 Å². The van der Waals surface area contributed by atoms with Crippen molar-refractivity contribution in [3.8, 4) is 5.75 Å². The fraction of sp³-hybridized carbons (Fsp3) is 0.231. The molecule has 0 radical (unpaired) electrons. The smallest absolute Gasteiger partial charge is 0.341 e. The summed E-state index contributed by atoms with van der Waals surface area (Å²) in [6, 6.07) is 4.81. The van der Waals surface area contributed by atoms with Crippen LogP contribution in [0.25, 0.3) is 0 Å². The second kappa shape index (κ2) is 6.04. The Kier molecular flexibility index (Phi) is 4.39. The Bertz CT molecular complexity index is 597. The first-order chi connectivity index (χ1) is 9.09. The summed E-state index contributed by atoms with van der Waals surface area (Å²) < 4.78 is 5.52. The summed E-state index contributed by atoms with van der Waals surface area (Å²) in [7, 11) is 0. The molecule has 6 heteroatoms. The van der Waals surface area contributed by atoms with E-state index in [2.05, 4.69) is 4.98 Å². The van der Waals surface area contributed by atoms with Crippen molar-refractivity contribution in [3.63, 3.8) is 0 Å². The quantitative estimate of drug-likeness (QED) is 0.918. The molecule has 1 aromatic carbocycles. The zero-order valence-electron chi connectivity index (χ0n) is 10.2. The maximum absolute atomic E-state index is 11.1. The van der Waals surface area contributed by atoms with Crippen LogP contribution in [0, 0.1) is 6.92 Å². The third-order valence-electron chi connectivity index (χ3n) is 2.62. The van der Waals surface area contributed by atoms with Gasteiger partial charge < -0.3 is 9.84 Å². The maximum atomic E-state index is 11.1. The number of ether oxygens (including phenoxy) is 1. The van der Waals surface area contributed by atoms with Crippen LogP contribution >= 0.6 is 22.9 Å². The Morgan fingerprint density at radius 2 is 2.32 bits per heavy atom. The van der Waals surface area contributed by atoms with Gasteiger partial charge in [-0.2, -0.15) is 0 Å². The first-order valence-electron chi connectivity index (χ1n) is 5.63. The van der Waals surface area contributed by atoms with Crippen molar-refractivity contribution in [1.82, 2.24) is 4.98 Å². The number of carboxylic acids is 1. The summed E-state index contributed by atoms with van der Waals surface area (Å²) in [6.45, 7) is 2.33. The van der Waals surface area contributed by atoms with Gasteiger partial charge in [0.15, 0.2) is 0 Å². The molecule has 0 bridgehead atoms. The number of hydrogen-bond donors (Lipinski definition) is 1. The van der Waals surface area contributed by atoms with Gasteiger partial charge in [-0.15, -0.1) is 11.3 Å². The lowest BCUT2D eigenvalue weighted by atomic mass is 10.2. The number of carboxylic acid groups (broad SMARTS) is 1. The number of carbonyl (C=O) groups is 1. The lowest BCUT2D eigenvalue weighted by Crippen LogP contribution is -2.07. The molecule has 0 aliphatic rings. The highest BCUT2D eigenvalue weighted by molar-refractivity contribution is 7.09. The summed E-state index contributed by atoms with van der Waals surface area (Å²) in [4.78, 5) is 16.4. The number of rotatable bonds is 5. The summed E-state index contributed by atoms with van der Waals surface area (Å²) in [5.74, 6) is -0.795. The molecule has 0 aliphatic carbocycles. The van der Waals surface area contributed by atoms with Gasteiger partial charge in [-0.25, -0.2) is 9.78 Å². The van der Waals surface area contributed by atoms with Crippen LogP contribution < -0.4 is 4.74 Å². The Labute approximate surface area is 119 Å². The van der Waals surface area contributed by atoms with Crippen LogP contribution in [0.15, 0.2) is 23.7 Å². The average Bonchev–Trinajstić information content (AvgIpc) is 2.75. The number of benzene rings is 1. The molecule has 0 aliphatic heterocycles. The molecule has 2 aromatic rings. The van der Waals surface area contributed by atoms with Crippen LogP contribution in [0.4, 0.5) is 0 Å². The van der Waals surface area contributed by atoms with Crippen molar-refractivity contribution < 1.29 is 14.6 Å². The minimum absolute atomic E-state index is 0.00481. The fourth-order valence-corrected chi connectivity index (χ4v) is 2.66. The molecular weight excluding hydrogens is 286 g/mol. The molecule has 0 saturated carbocycles. The van der Waals surface area contributed by atoms with Crippen molar-refractivity contribution in [1.29, 1.82) is 0 Å². The van der Waals surface area contributed by atoms with Crippen LogP contribution in [-0.2, 0) is 6.42 Å². The zero-order valence-corrected chi connectivity index (χ0v) is 11.8. The van der Waals surface area contributed by atoms with E-state index < -0.39 is 5.97 Å². The molecule has 4 nitrogen and oxygen atoms in total. The topological polar surface area (TPSA) is 59.4 Å². The maximum Gasteiger partial charge on any atom is 0.341 e. The van der Waals surface area contributed by atoms with Crippen LogP contribution in [0.2, 0.25) is 5.02 Å². The molecule has 1 aromatic heterocycles. The average molecular weight is 298 g/mol. The van der Waals surface area contributed by atoms with Crippen LogP contribution in [0.3, 0.4) is 0 Å². The Balaban J connectivity index is 2.06. The van der Waals surface area contributed by atoms with Crippen molar-refractivity contribution in [2.45, 2.75) is 13.3 Å². The van der Waals surface area contributed by atoms with E-state index in [9.17, 15) is 4.79 Å². The van der Waals surface area contributed by atoms with Crippen LogP contribution in [0.5, 0.6) is 5.75 Å². The van der Waals surface area contributed by atoms with Crippen molar-refractivity contribution in [2.75, 3.05) is 6.61 Å². The SMILES string of the molecule is Cc1ncsc1CCOc1cccc(Cl)c1C(=O)O. The second-order valence-corrected chi connectivity index (χ2v) is 5.22. The molecule has 0 amide bonds. The third kappa shape index (κ3) is 3.24. The van der Waals surface area contributed by atoms with E-state index in [-0.39, 0.29) is 10.6 Å². The first-order valence-corrected chi connectivity index (χ1v) is 6.89. The summed E-state index contributed by atoms with van der Waals surface area (Å²) in [5.41, 5.74) is 2.77. The van der Waals surface area contributed by atoms with Gasteiger partial charge in [0, 0.05) is 11.3 Å². The zero-order chi connectivity index (χ0) is 13.8. The van der Waals surface area contributed by atoms with Crippen LogP contribution in [-0.4, -0.2) is 22.7 Å². The first kappa shape index (κ1) is 13.8. The fourth-order valence-electron chi connectivity index (χ4n) is 1.65. The summed E-state index contributed by atoms with van der Waals surface area (Å²) >= 11 is 7.42. The van der Waals surface area contributed by atoms with E-state index in [0.29, 0.717) is 18.8 Å². The second-order valence-electron chi connectivity index (χ2n) is 3.88. The normalized spacial score (nSPS) is 10.4. The minimum Gasteiger partial charge on any atom is -0.492 e. The third-order valence-corrected chi connectivity index (χ3v) is 3.93. The highest BCUT2D eigenvalue weighted by Gasteiger charge is 2.15. The standard InChI is InChI=1S/C13H12ClNO3S/c1-8-11(19-7-15-8)5-6-18-10-4-2-3-9(14)12(10)13(16)17/h2-4,7H,5-6H2,1H3,(H,16,17). The number of hydrogen-bond acceptors (Lipinski definition) is 4. The van der Waals surface area contributed by atoms with Crippen molar-refractivity contribution >= 4 is 28.9 Å². The molecule has 2 rings (SSSR count). The van der Waals surface area contributed by atoms with Gasteiger partial charge in [-0.1, -0.05) is 17.7 Å². The Morgan fingerprint density at radius 3 is 2.95 bits per heavy atom. The molecule has 0 atom stereocenters. The summed E-state index contributed by atoms with van der Waals surface area (Å²) in [6.07, 6.45) is 0.697. The highest BCUT2D eigenvalue weighted by Crippen LogP contribution is 2.26. The van der Waals surface area contributed by atoms with Gasteiger partial charge in [-0.3, -0.25) is 0 Å². The monoisotopic (exact) mass is 297 g/mol. The largest absolute Gasteiger partial charge is 0.492 e. The Hall–Kier alpha value is -1.59. The van der Waals surface area contributed by atoms with E-state index in [1.807, 2.05) is 6.92 Å². The number of aromatic carboxylic acids is 1. The van der Waals surface area contributed by atoms with Gasteiger partial charge in [0.05, 0.1) is 22.8 Å². The molecule has 0 saturated heterocycles. The Morgan fingerprint density at radius 1 is 1.53 bits per heavy atom. The molecule has 0 fully saturated rings. The predicted octanol–water partition coefficient (Wildman–Crippen LogP) is 3.42. The van der Waals surface area contributed by atoms with Gasteiger partial charge in [-0.05, 0) is 19.1 Å². The van der Waals surface area contributed by atoms with Gasteiger partial charge in [0.25, 0.3) is 0 Å². The van der Waals surface area contributed by atoms with E-state index in [0.717, 1.165) is 10.6 Å². The van der Waals surface area contributed by atoms with Gasteiger partial charge in [0.1, 0.15) is 11.3 Å². The molecule has 1 N–H and O–H groups in total. The number of halogens is 1. The van der Waals surface area contributed by atoms with E-state index in [1.54, 1.807) is 29.0 Å². The van der Waals surface area contributed by atoms with Gasteiger partial charge >= 0.3 is 5.97 Å². The number of thiazole rings is 1. The molecule has 1 heterocycles. The van der Waals surface area contributed by atoms with E-state index in [1.165, 1.54) is 6.07 Å². The lowest BCUT2D eigenvalue weighted by molar-refractivity contribution is 0.0692. The van der Waals surface area contributed by atoms with E-state index >= 15 is 0 Å². The molecule has 19 heavy (non-hydrogen) atoms. The molecule has 100 valence electrons. The highest BCUT2D eigenvalue weighted by atomic mass is 35.5. The number of nitrogens with zero attached hydrogens (tertiary/aromatic N) is 1. The van der Waals surface area contributed by atoms with Crippen molar-refractivity contribution in [2.24, 2.45) is 0 Å². The minimum atomic E-state index is -1.09. The lowest BCUT2D eigenvalue weighted by Gasteiger charge is -2.09. The molecule has 0 unspecified atom stereocenters. The summed E-state index contributed by atoms with van der Waals surface area (Å²) in [5, 5.41) is 9.28. The molecule has 0 spiro atoms. The predicted molar refractivity (Wildman–Crippen MR) is 74.5 cm³/mol. The van der Waals surface area contributed by atoms with Crippen LogP contribution in [0.1, 0.15) is 20.9 Å². The molecular formula is C13H12ClNO3S. The van der Waals surface area contributed by atoms with Gasteiger partial charge in [0.2, 0.25) is 0 Å². The van der Waals surface area contributed by atoms with E-state index in [4.69, 9.17) is 21.4 Å².